The van der Waals surface area contributed by atoms with Gasteiger partial charge >= 0.3 is 5.97 Å². The van der Waals surface area contributed by atoms with Gasteiger partial charge < -0.3 is 53.3 Å². The zero-order valence-electron chi connectivity index (χ0n) is 66.2. The fourth-order valence-corrected chi connectivity index (χ4v) is 15.8. The predicted molar refractivity (Wildman–Crippen MR) is 431 cm³/mol. The van der Waals surface area contributed by atoms with Crippen LogP contribution in [0, 0.1) is 58.7 Å². The monoisotopic (exact) mass is 1450 g/mol. The predicted octanol–water partition coefficient (Wildman–Crippen LogP) is 18.5. The molecule has 7 atom stereocenters. The number of carbonyl (C=O) groups excluding carboxylic acids is 3. The van der Waals surface area contributed by atoms with Crippen LogP contribution >= 0.6 is 0 Å². The van der Waals surface area contributed by atoms with Crippen LogP contribution in [0.4, 0.5) is 0 Å². The van der Waals surface area contributed by atoms with Crippen LogP contribution in [0.1, 0.15) is 219 Å². The van der Waals surface area contributed by atoms with Crippen molar-refractivity contribution in [2.24, 2.45) is 47.3 Å². The van der Waals surface area contributed by atoms with Crippen molar-refractivity contribution >= 4 is 23.6 Å². The summed E-state index contributed by atoms with van der Waals surface area (Å²) in [5.74, 6) is 10.1. The highest BCUT2D eigenvalue weighted by Crippen LogP contribution is 2.34. The molecule has 0 radical (unpaired) electrons. The number of nitriles is 1. The number of ether oxygens (including phenoxy) is 6. The van der Waals surface area contributed by atoms with E-state index in [0.717, 1.165) is 192 Å². The Morgan fingerprint density at radius 1 is 0.434 bits per heavy atom. The van der Waals surface area contributed by atoms with Crippen LogP contribution in [0.5, 0.6) is 28.7 Å². The van der Waals surface area contributed by atoms with E-state index in [9.17, 15) is 14.4 Å². The SMILES string of the molecule is CC1CC(C)CN(CCCOc2ccc(C#N)cc2)C1.CC1CC(C)CN(CCCOc2ccc(C(=O)C3CC3)cc2)C1.CC1CC(C)CN(CCCOc2ccc(C(=O)C3CC3)cc2)C1.CC=Cc1ccc(OCCCCC2CCCCN2)cc1.COC(=O)c1ccc(OCCCN2CCCCC2)cc1. The number of hydrogen-bond donors (Lipinski definition) is 1. The standard InChI is InChI=1S/2C20H29NO2.C18H27NO.C17H24N2O.C16H23NO3/c2*1-15-12-16(2)14-21(13-15)10-3-11-23-19-8-6-18(7-9-19)20(22)17-4-5-17;1-2-7-16-10-12-18(13-11-16)20-15-6-4-9-17-8-3-5-14-19-17;1-14-10-15(2)13-19(12-14)8-3-9-20-17-6-4-16(11-18)5-7-17;1-19-16(18)14-6-8-15(9-7-14)20-13-5-12-17-10-3-2-4-11-17/h2*6-9,15-17H,3-5,10-14H2,1-2H3;2,7,10-13,17,19H,3-6,8-9,14-15H2,1H3;4-7,14-15H,3,8-10,12-13H2,1-2H3;6-9H,2-5,10-13H2,1H3. The van der Waals surface area contributed by atoms with Crippen LogP contribution in [0.3, 0.4) is 0 Å². The first kappa shape index (κ1) is 84.6. The minimum atomic E-state index is -0.318. The zero-order chi connectivity index (χ0) is 75.1. The van der Waals surface area contributed by atoms with E-state index in [-0.39, 0.29) is 17.8 Å². The molecule has 5 aromatic carbocycles. The summed E-state index contributed by atoms with van der Waals surface area (Å²) in [6.45, 7) is 35.4. The van der Waals surface area contributed by atoms with E-state index in [0.29, 0.717) is 29.3 Å². The van der Waals surface area contributed by atoms with Gasteiger partial charge in [-0.2, -0.15) is 5.26 Å². The van der Waals surface area contributed by atoms with Gasteiger partial charge in [-0.25, -0.2) is 4.79 Å². The maximum absolute atomic E-state index is 12.0. The number of likely N-dealkylation sites (tertiary alicyclic amines) is 4. The minimum Gasteiger partial charge on any atom is -0.494 e. The molecule has 2 aliphatic carbocycles. The van der Waals surface area contributed by atoms with Crippen molar-refractivity contribution < 1.29 is 42.8 Å². The lowest BCUT2D eigenvalue weighted by Crippen LogP contribution is -2.39. The van der Waals surface area contributed by atoms with E-state index < -0.39 is 0 Å². The van der Waals surface area contributed by atoms with Crippen LogP contribution < -0.4 is 29.0 Å². The topological polar surface area (TPSA) is 155 Å². The van der Waals surface area contributed by atoms with E-state index in [1.165, 1.54) is 142 Å². The first-order valence-corrected chi connectivity index (χ1v) is 41.0. The largest absolute Gasteiger partial charge is 0.494 e. The van der Waals surface area contributed by atoms with Crippen molar-refractivity contribution in [1.82, 2.24) is 24.9 Å². The summed E-state index contributed by atoms with van der Waals surface area (Å²) in [6.07, 6.45) is 28.5. The third kappa shape index (κ3) is 33.2. The molecule has 1 N–H and O–H groups in total. The molecule has 5 aliphatic heterocycles. The Kier molecular flexibility index (Phi) is 38.0. The van der Waals surface area contributed by atoms with E-state index in [1.54, 1.807) is 24.3 Å². The number of ketones is 2. The molecule has 5 heterocycles. The quantitative estimate of drug-likeness (QED) is 0.0246. The number of nitrogens with zero attached hydrogens (tertiary/aromatic N) is 5. The van der Waals surface area contributed by atoms with Gasteiger partial charge in [0, 0.05) is 94.5 Å². The summed E-state index contributed by atoms with van der Waals surface area (Å²) in [6, 6.07) is 40.9. The number of methoxy groups -OCH3 is 1. The van der Waals surface area contributed by atoms with Gasteiger partial charge in [0.25, 0.3) is 0 Å². The number of rotatable bonds is 32. The lowest BCUT2D eigenvalue weighted by Gasteiger charge is -2.34. The van der Waals surface area contributed by atoms with E-state index in [2.05, 4.69) is 114 Å². The molecule has 0 bridgehead atoms. The lowest BCUT2D eigenvalue weighted by molar-refractivity contribution is 0.0600. The normalized spacial score (nSPS) is 22.0. The van der Waals surface area contributed by atoms with Crippen molar-refractivity contribution in [3.63, 3.8) is 0 Å². The molecule has 15 nitrogen and oxygen atoms in total. The van der Waals surface area contributed by atoms with Crippen molar-refractivity contribution in [2.75, 3.05) is 125 Å². The molecule has 7 aliphatic rings. The summed E-state index contributed by atoms with van der Waals surface area (Å²) in [5.41, 5.74) is 4.11. The van der Waals surface area contributed by atoms with E-state index in [1.807, 2.05) is 79.7 Å². The Morgan fingerprint density at radius 2 is 0.792 bits per heavy atom. The highest BCUT2D eigenvalue weighted by molar-refractivity contribution is 6.00. The number of benzene rings is 5. The summed E-state index contributed by atoms with van der Waals surface area (Å²) < 4.78 is 33.5. The van der Waals surface area contributed by atoms with Crippen molar-refractivity contribution in [2.45, 2.75) is 183 Å². The highest BCUT2D eigenvalue weighted by Gasteiger charge is 2.32. The third-order valence-corrected chi connectivity index (χ3v) is 21.1. The Hall–Kier alpha value is -7.06. The van der Waals surface area contributed by atoms with Gasteiger partial charge in [-0.05, 0) is 292 Å². The average Bonchev–Trinajstić information content (AvgIpc) is 1.69. The smallest absolute Gasteiger partial charge is 0.337 e. The van der Waals surface area contributed by atoms with Gasteiger partial charge in [0.15, 0.2) is 11.6 Å². The first-order valence-electron chi connectivity index (χ1n) is 41.0. The molecule has 0 aromatic heterocycles. The van der Waals surface area contributed by atoms with Crippen LogP contribution in [0.15, 0.2) is 127 Å². The summed E-state index contributed by atoms with van der Waals surface area (Å²) in [7, 11) is 1.38. The minimum absolute atomic E-state index is 0.288. The van der Waals surface area contributed by atoms with Crippen molar-refractivity contribution in [3.05, 3.63) is 155 Å². The summed E-state index contributed by atoms with van der Waals surface area (Å²) in [5, 5.41) is 12.3. The number of allylic oxidation sites excluding steroid dienone is 1. The summed E-state index contributed by atoms with van der Waals surface area (Å²) in [4.78, 5) is 45.4. The second kappa shape index (κ2) is 47.7. The number of Topliss-reactive ketones (excluding diaryl/α,β-unsaturated/α-hetero) is 2. The molecule has 7 unspecified atom stereocenters. The van der Waals surface area contributed by atoms with Gasteiger partial charge in [0.05, 0.1) is 57.3 Å². The van der Waals surface area contributed by atoms with E-state index in [4.69, 9.17) is 28.9 Å². The molecule has 15 heteroatoms. The van der Waals surface area contributed by atoms with Crippen LogP contribution in [-0.2, 0) is 4.74 Å². The number of unbranched alkanes of at least 4 members (excludes halogenated alkanes) is 1. The molecule has 5 aromatic rings. The van der Waals surface area contributed by atoms with Crippen molar-refractivity contribution in [1.29, 1.82) is 5.26 Å². The molecule has 106 heavy (non-hydrogen) atoms. The van der Waals surface area contributed by atoms with Crippen LogP contribution in [-0.4, -0.2) is 168 Å². The number of esters is 1. The van der Waals surface area contributed by atoms with Gasteiger partial charge in [0.1, 0.15) is 28.7 Å². The molecule has 0 amide bonds. The highest BCUT2D eigenvalue weighted by atomic mass is 16.5. The molecular weight excluding hydrogens is 1320 g/mol. The first-order chi connectivity index (χ1) is 51.6. The maximum atomic E-state index is 12.0. The number of hydrogen-bond acceptors (Lipinski definition) is 15. The number of nitrogens with one attached hydrogen (secondary N) is 1. The van der Waals surface area contributed by atoms with E-state index >= 15 is 0 Å². The Labute approximate surface area is 638 Å². The van der Waals surface area contributed by atoms with Crippen molar-refractivity contribution in [3.8, 4) is 34.8 Å². The fourth-order valence-electron chi connectivity index (χ4n) is 15.8. The van der Waals surface area contributed by atoms with Gasteiger partial charge in [-0.1, -0.05) is 78.7 Å². The maximum Gasteiger partial charge on any atom is 0.337 e. The number of carbonyl (C=O) groups is 3. The molecule has 12 rings (SSSR count). The second-order valence-corrected chi connectivity index (χ2v) is 31.9. The molecule has 0 spiro atoms. The molecule has 7 fully saturated rings. The van der Waals surface area contributed by atoms with Gasteiger partial charge in [0.2, 0.25) is 0 Å². The lowest BCUT2D eigenvalue weighted by atomic mass is 9.92. The zero-order valence-corrected chi connectivity index (χ0v) is 66.2. The van der Waals surface area contributed by atoms with Gasteiger partial charge in [-0.3, -0.25) is 9.59 Å². The fraction of sp³-hybridized carbons (Fsp3) is 0.604. The molecular formula is C91H132N6O9. The summed E-state index contributed by atoms with van der Waals surface area (Å²) >= 11 is 0. The Morgan fingerprint density at radius 3 is 1.14 bits per heavy atom. The number of piperidine rings is 5. The Balaban J connectivity index is 0.000000168. The van der Waals surface area contributed by atoms with Crippen LogP contribution in [0.25, 0.3) is 6.08 Å². The average molecular weight is 1450 g/mol. The van der Waals surface area contributed by atoms with Gasteiger partial charge in [-0.15, -0.1) is 0 Å². The molecule has 580 valence electrons. The Bertz CT molecular complexity index is 3190. The van der Waals surface area contributed by atoms with Crippen LogP contribution in [0.2, 0.25) is 0 Å². The molecule has 5 saturated heterocycles. The second-order valence-electron chi connectivity index (χ2n) is 31.9. The molecule has 2 saturated carbocycles. The third-order valence-electron chi connectivity index (χ3n) is 21.1.